The van der Waals surface area contributed by atoms with Gasteiger partial charge >= 0.3 is 0 Å². The van der Waals surface area contributed by atoms with Crippen LogP contribution in [0.15, 0.2) is 123 Å². The maximum absolute atomic E-state index is 4.02. The van der Waals surface area contributed by atoms with Crippen molar-refractivity contribution in [2.24, 2.45) is 0 Å². The first-order valence-electron chi connectivity index (χ1n) is 14.3. The van der Waals surface area contributed by atoms with Crippen molar-refractivity contribution in [3.05, 3.63) is 156 Å². The van der Waals surface area contributed by atoms with Gasteiger partial charge in [0.15, 0.2) is 0 Å². The van der Waals surface area contributed by atoms with E-state index in [1.54, 1.807) is 0 Å². The van der Waals surface area contributed by atoms with E-state index in [0.29, 0.717) is 0 Å². The largest absolute Gasteiger partial charge is 0.0991 e. The molecule has 0 heteroatoms. The molecule has 198 valence electrons. The summed E-state index contributed by atoms with van der Waals surface area (Å²) in [4.78, 5) is 0. The van der Waals surface area contributed by atoms with Gasteiger partial charge in [-0.2, -0.15) is 0 Å². The van der Waals surface area contributed by atoms with Gasteiger partial charge in [-0.1, -0.05) is 135 Å². The Balaban J connectivity index is 1.63. The third kappa shape index (κ3) is 4.72. The van der Waals surface area contributed by atoms with Gasteiger partial charge in [-0.3, -0.25) is 0 Å². The van der Waals surface area contributed by atoms with Crippen molar-refractivity contribution in [3.8, 4) is 33.4 Å². The summed E-state index contributed by atoms with van der Waals surface area (Å²) in [7, 11) is 0. The van der Waals surface area contributed by atoms with Crippen LogP contribution in [0.2, 0.25) is 0 Å². The van der Waals surface area contributed by atoms with Crippen molar-refractivity contribution in [2.45, 2.75) is 19.8 Å². The molecule has 0 N–H and O–H groups in total. The van der Waals surface area contributed by atoms with Crippen molar-refractivity contribution < 1.29 is 0 Å². The number of allylic oxidation sites excluding steroid dienone is 3. The zero-order valence-electron chi connectivity index (χ0n) is 23.7. The van der Waals surface area contributed by atoms with E-state index in [-0.39, 0.29) is 0 Å². The Morgan fingerprint density at radius 1 is 0.683 bits per heavy atom. The zero-order valence-corrected chi connectivity index (χ0v) is 23.7. The molecule has 0 aromatic heterocycles. The maximum Gasteiger partial charge on any atom is -0.00295 e. The first kappa shape index (κ1) is 26.3. The Morgan fingerprint density at radius 3 is 2.20 bits per heavy atom. The zero-order chi connectivity index (χ0) is 28.3. The molecule has 6 rings (SSSR count). The lowest BCUT2D eigenvalue weighted by Crippen LogP contribution is -2.03. The number of benzene rings is 5. The highest BCUT2D eigenvalue weighted by atomic mass is 14.3. The van der Waals surface area contributed by atoms with Gasteiger partial charge in [0.25, 0.3) is 0 Å². The minimum atomic E-state index is 1.02. The lowest BCUT2D eigenvalue weighted by atomic mass is 9.79. The lowest BCUT2D eigenvalue weighted by Gasteiger charge is -2.25. The molecule has 0 amide bonds. The molecule has 0 atom stereocenters. The van der Waals surface area contributed by atoms with Crippen LogP contribution in [0.25, 0.3) is 68.5 Å². The summed E-state index contributed by atoms with van der Waals surface area (Å²) < 4.78 is 0. The summed E-state index contributed by atoms with van der Waals surface area (Å²) in [5.41, 5.74) is 15.0. The summed E-state index contributed by atoms with van der Waals surface area (Å²) in [6, 6.07) is 31.0. The fraction of sp³-hybridized carbons (Fsp3) is 0.0732. The van der Waals surface area contributed by atoms with Crippen molar-refractivity contribution >= 4 is 35.1 Å². The Kier molecular flexibility index (Phi) is 7.23. The Labute approximate surface area is 244 Å². The topological polar surface area (TPSA) is 0 Å². The molecule has 0 spiro atoms. The van der Waals surface area contributed by atoms with E-state index < -0.39 is 0 Å². The van der Waals surface area contributed by atoms with E-state index in [4.69, 9.17) is 0 Å². The first-order valence-corrected chi connectivity index (χ1v) is 14.3. The van der Waals surface area contributed by atoms with E-state index >= 15 is 0 Å². The second-order valence-electron chi connectivity index (χ2n) is 10.6. The van der Waals surface area contributed by atoms with E-state index in [1.807, 2.05) is 24.3 Å². The molecule has 0 fully saturated rings. The fourth-order valence-corrected chi connectivity index (χ4v) is 6.26. The summed E-state index contributed by atoms with van der Waals surface area (Å²) in [6.07, 6.45) is 16.6. The Bertz CT molecular complexity index is 1890. The normalized spacial score (nSPS) is 12.4. The van der Waals surface area contributed by atoms with Gasteiger partial charge in [0.05, 0.1) is 0 Å². The molecule has 1 aliphatic carbocycles. The summed E-state index contributed by atoms with van der Waals surface area (Å²) >= 11 is 0. The van der Waals surface area contributed by atoms with Gasteiger partial charge in [-0.05, 0) is 109 Å². The molecule has 0 heterocycles. The van der Waals surface area contributed by atoms with E-state index in [2.05, 4.69) is 130 Å². The minimum absolute atomic E-state index is 1.02. The number of rotatable bonds is 7. The van der Waals surface area contributed by atoms with Crippen LogP contribution in [0.3, 0.4) is 0 Å². The van der Waals surface area contributed by atoms with Crippen LogP contribution in [0.1, 0.15) is 39.8 Å². The predicted octanol–water partition coefficient (Wildman–Crippen LogP) is 11.6. The van der Waals surface area contributed by atoms with Crippen molar-refractivity contribution in [1.29, 1.82) is 0 Å². The van der Waals surface area contributed by atoms with Gasteiger partial charge in [0, 0.05) is 0 Å². The average Bonchev–Trinajstić information content (AvgIpc) is 3.02. The lowest BCUT2D eigenvalue weighted by molar-refractivity contribution is 0.991. The molecule has 41 heavy (non-hydrogen) atoms. The third-order valence-electron chi connectivity index (χ3n) is 8.21. The number of hydrogen-bond acceptors (Lipinski definition) is 0. The second-order valence-corrected chi connectivity index (χ2v) is 10.6. The highest BCUT2D eigenvalue weighted by Gasteiger charge is 2.23. The molecular weight excluding hydrogens is 492 g/mol. The molecule has 5 aromatic rings. The molecule has 0 saturated carbocycles. The van der Waals surface area contributed by atoms with Gasteiger partial charge in [0.2, 0.25) is 0 Å². The highest BCUT2D eigenvalue weighted by molar-refractivity contribution is 6.11. The predicted molar refractivity (Wildman–Crippen MR) is 182 cm³/mol. The van der Waals surface area contributed by atoms with Gasteiger partial charge in [-0.25, -0.2) is 0 Å². The molecule has 0 radical (unpaired) electrons. The molecule has 0 saturated heterocycles. The number of hydrogen-bond donors (Lipinski definition) is 0. The van der Waals surface area contributed by atoms with Crippen molar-refractivity contribution in [2.75, 3.05) is 0 Å². The molecule has 0 nitrogen and oxygen atoms in total. The summed E-state index contributed by atoms with van der Waals surface area (Å²) in [6.45, 7) is 14.1. The van der Waals surface area contributed by atoms with Gasteiger partial charge in [0.1, 0.15) is 0 Å². The number of fused-ring (bicyclic) bond motifs is 2. The first-order chi connectivity index (χ1) is 20.1. The molecule has 5 aromatic carbocycles. The number of aryl methyl sites for hydroxylation is 1. The molecular formula is C41H34. The fourth-order valence-electron chi connectivity index (χ4n) is 6.26. The van der Waals surface area contributed by atoms with E-state index in [1.165, 1.54) is 66.4 Å². The molecule has 0 aliphatic heterocycles. The van der Waals surface area contributed by atoms with Crippen LogP contribution in [0.4, 0.5) is 0 Å². The molecule has 1 aliphatic rings. The quantitative estimate of drug-likeness (QED) is 0.185. The van der Waals surface area contributed by atoms with Gasteiger partial charge < -0.3 is 0 Å². The Hall–Kier alpha value is -4.94. The van der Waals surface area contributed by atoms with Crippen molar-refractivity contribution in [3.63, 3.8) is 0 Å². The van der Waals surface area contributed by atoms with Gasteiger partial charge in [-0.15, -0.1) is 0 Å². The maximum atomic E-state index is 4.02. The van der Waals surface area contributed by atoms with Crippen LogP contribution < -0.4 is 0 Å². The van der Waals surface area contributed by atoms with E-state index in [9.17, 15) is 0 Å². The van der Waals surface area contributed by atoms with E-state index in [0.717, 1.165) is 24.0 Å². The minimum Gasteiger partial charge on any atom is -0.0991 e. The second kappa shape index (κ2) is 11.3. The van der Waals surface area contributed by atoms with Crippen LogP contribution in [-0.4, -0.2) is 0 Å². The highest BCUT2D eigenvalue weighted by Crippen LogP contribution is 2.46. The molecule has 0 bridgehead atoms. The van der Waals surface area contributed by atoms with Crippen LogP contribution in [0.5, 0.6) is 0 Å². The Morgan fingerprint density at radius 2 is 1.41 bits per heavy atom. The average molecular weight is 527 g/mol. The smallest absolute Gasteiger partial charge is 0.00295 e. The van der Waals surface area contributed by atoms with Crippen LogP contribution >= 0.6 is 0 Å². The standard InChI is InChI=1S/C41H34/c1-5-8-18-34-28(4)15-13-23-35(34)41-38-21-11-9-19-36(38)40(37-20-10-12-22-39(37)41)33-17-14-16-31(27-33)32-25-24-29(6-2)30(7-3)26-32/h5-11,13-21,23-27H,1-3,12,22H2,4H3/b18-8-. The third-order valence-corrected chi connectivity index (χ3v) is 8.21. The van der Waals surface area contributed by atoms with Crippen LogP contribution in [0, 0.1) is 6.92 Å². The summed E-state index contributed by atoms with van der Waals surface area (Å²) in [5.74, 6) is 0. The summed E-state index contributed by atoms with van der Waals surface area (Å²) in [5, 5.41) is 2.57. The SMILES string of the molecule is C=C/C=C\c1c(C)cccc1-c1c2c(c(-c3cccc(-c4ccc(C=C)c(C=C)c4)c3)c3ccccc13)C=CCC2. The van der Waals surface area contributed by atoms with Crippen LogP contribution in [-0.2, 0) is 6.42 Å². The monoisotopic (exact) mass is 526 g/mol. The van der Waals surface area contributed by atoms with Crippen molar-refractivity contribution in [1.82, 2.24) is 0 Å². The molecule has 0 unspecified atom stereocenters.